The summed E-state index contributed by atoms with van der Waals surface area (Å²) < 4.78 is 18.7. The lowest BCUT2D eigenvalue weighted by molar-refractivity contribution is 0.00578. The molecule has 0 amide bonds. The van der Waals surface area contributed by atoms with Gasteiger partial charge < -0.3 is 9.31 Å². The molecule has 0 atom stereocenters. The molecule has 1 fully saturated rings. The summed E-state index contributed by atoms with van der Waals surface area (Å²) in [5.41, 5.74) is 2.59. The Morgan fingerprint density at radius 2 is 1.19 bits per heavy atom. The van der Waals surface area contributed by atoms with Gasteiger partial charge in [-0.1, -0.05) is 36.4 Å². The summed E-state index contributed by atoms with van der Waals surface area (Å²) >= 11 is 5.93. The Hall–Kier alpha value is -2.11. The van der Waals surface area contributed by atoms with Crippen LogP contribution in [0.3, 0.4) is 0 Å². The zero-order chi connectivity index (χ0) is 25.1. The van der Waals surface area contributed by atoms with E-state index in [1.807, 2.05) is 29.8 Å². The molecule has 1 saturated heterocycles. The van der Waals surface area contributed by atoms with Crippen LogP contribution in [0.15, 0.2) is 73.1 Å². The second-order valence-corrected chi connectivity index (χ2v) is 13.1. The molecule has 36 heavy (non-hydrogen) atoms. The van der Waals surface area contributed by atoms with Crippen molar-refractivity contribution in [3.05, 3.63) is 76.6 Å². The summed E-state index contributed by atoms with van der Waals surface area (Å²) in [5.74, 6) is 0. The van der Waals surface area contributed by atoms with E-state index in [0.717, 1.165) is 21.2 Å². The summed E-state index contributed by atoms with van der Waals surface area (Å²) in [5, 5.41) is 2.46. The Morgan fingerprint density at radius 1 is 0.694 bits per heavy atom. The van der Waals surface area contributed by atoms with Crippen LogP contribution >= 0.6 is 45.3 Å². The number of thiophene rings is 2. The standard InChI is InChI=1S/C17H18BNO2S.C11H6INS/c1-16(2)17(3,4)21-18(20-16)12-9-10-19-14-11-7-5-6-8-13(11)22-15(12)14;12-8-5-6-13-10-7-3-1-2-4-9(7)14-11(8)10/h5-10H,1-4H3;1-6H. The van der Waals surface area contributed by atoms with Gasteiger partial charge in [-0.05, 0) is 74.6 Å². The van der Waals surface area contributed by atoms with Crippen LogP contribution in [0, 0.1) is 3.57 Å². The normalized spacial score (nSPS) is 16.6. The van der Waals surface area contributed by atoms with Crippen molar-refractivity contribution in [1.82, 2.24) is 9.97 Å². The fraction of sp³-hybridized carbons (Fsp3) is 0.214. The molecule has 0 spiro atoms. The van der Waals surface area contributed by atoms with Crippen molar-refractivity contribution < 1.29 is 9.31 Å². The van der Waals surface area contributed by atoms with E-state index >= 15 is 0 Å². The molecule has 7 rings (SSSR count). The summed E-state index contributed by atoms with van der Waals surface area (Å²) in [7, 11) is -0.344. The molecular formula is C28H24BIN2O2S2. The maximum absolute atomic E-state index is 6.21. The molecule has 1 aliphatic heterocycles. The van der Waals surface area contributed by atoms with Crippen LogP contribution in [0.5, 0.6) is 0 Å². The summed E-state index contributed by atoms with van der Waals surface area (Å²) in [6, 6.07) is 20.9. The van der Waals surface area contributed by atoms with Crippen LogP contribution in [-0.2, 0) is 9.31 Å². The average Bonchev–Trinajstić information content (AvgIpc) is 3.49. The predicted octanol–water partition coefficient (Wildman–Crippen LogP) is 7.80. The maximum atomic E-state index is 6.21. The number of rotatable bonds is 1. The van der Waals surface area contributed by atoms with Gasteiger partial charge in [0.1, 0.15) is 0 Å². The van der Waals surface area contributed by atoms with Crippen molar-refractivity contribution in [1.29, 1.82) is 0 Å². The van der Waals surface area contributed by atoms with E-state index in [0.29, 0.717) is 0 Å². The van der Waals surface area contributed by atoms with Crippen LogP contribution in [-0.4, -0.2) is 28.3 Å². The third kappa shape index (κ3) is 4.03. The van der Waals surface area contributed by atoms with E-state index in [1.54, 1.807) is 11.3 Å². The number of hydrogen-bond donors (Lipinski definition) is 0. The molecule has 0 N–H and O–H groups in total. The average molecular weight is 622 g/mol. The second kappa shape index (κ2) is 9.02. The molecule has 0 unspecified atom stereocenters. The summed E-state index contributed by atoms with van der Waals surface area (Å²) in [4.78, 5) is 9.01. The third-order valence-corrected chi connectivity index (χ3v) is 10.7. The van der Waals surface area contributed by atoms with Crippen LogP contribution in [0.25, 0.3) is 40.6 Å². The lowest BCUT2D eigenvalue weighted by atomic mass is 9.79. The van der Waals surface area contributed by atoms with Gasteiger partial charge in [0.15, 0.2) is 0 Å². The van der Waals surface area contributed by atoms with E-state index in [1.165, 1.54) is 28.4 Å². The van der Waals surface area contributed by atoms with E-state index in [2.05, 4.69) is 115 Å². The van der Waals surface area contributed by atoms with Crippen molar-refractivity contribution in [3.63, 3.8) is 0 Å². The highest BCUT2D eigenvalue weighted by Gasteiger charge is 2.52. The topological polar surface area (TPSA) is 44.2 Å². The third-order valence-electron chi connectivity index (χ3n) is 7.01. The Morgan fingerprint density at radius 3 is 1.81 bits per heavy atom. The molecule has 6 aromatic rings. The SMILES string of the molecule is CC1(C)OB(c2ccnc3c2sc2ccccc23)OC1(C)C.Ic1ccnc2c1sc1ccccc12. The minimum absolute atomic E-state index is 0.329. The highest BCUT2D eigenvalue weighted by Crippen LogP contribution is 2.38. The molecule has 0 bridgehead atoms. The molecule has 4 aromatic heterocycles. The number of fused-ring (bicyclic) bond motifs is 6. The van der Waals surface area contributed by atoms with E-state index in [4.69, 9.17) is 9.31 Å². The van der Waals surface area contributed by atoms with Gasteiger partial charge in [-0.15, -0.1) is 22.7 Å². The molecule has 0 saturated carbocycles. The summed E-state index contributed by atoms with van der Waals surface area (Å²) in [6.07, 6.45) is 3.73. The first-order chi connectivity index (χ1) is 17.2. The van der Waals surface area contributed by atoms with Crippen LogP contribution in [0.4, 0.5) is 0 Å². The maximum Gasteiger partial charge on any atom is 0.496 e. The quantitative estimate of drug-likeness (QED) is 0.139. The first-order valence-electron chi connectivity index (χ1n) is 11.8. The number of hydrogen-bond acceptors (Lipinski definition) is 6. The van der Waals surface area contributed by atoms with Gasteiger partial charge >= 0.3 is 7.12 Å². The highest BCUT2D eigenvalue weighted by atomic mass is 127. The first-order valence-corrected chi connectivity index (χ1v) is 14.5. The van der Waals surface area contributed by atoms with Crippen LogP contribution in [0.2, 0.25) is 0 Å². The predicted molar refractivity (Wildman–Crippen MR) is 163 cm³/mol. The van der Waals surface area contributed by atoms with Gasteiger partial charge in [-0.25, -0.2) is 0 Å². The number of halogens is 1. The van der Waals surface area contributed by atoms with E-state index in [9.17, 15) is 0 Å². The Balaban J connectivity index is 0.000000147. The highest BCUT2D eigenvalue weighted by molar-refractivity contribution is 14.1. The zero-order valence-electron chi connectivity index (χ0n) is 20.4. The van der Waals surface area contributed by atoms with Crippen molar-refractivity contribution in [2.45, 2.75) is 38.9 Å². The first kappa shape index (κ1) is 24.2. The smallest absolute Gasteiger partial charge is 0.399 e. The van der Waals surface area contributed by atoms with Gasteiger partial charge in [-0.2, -0.15) is 0 Å². The molecule has 0 radical (unpaired) electrons. The van der Waals surface area contributed by atoms with Crippen molar-refractivity contribution in [2.24, 2.45) is 0 Å². The van der Waals surface area contributed by atoms with E-state index in [-0.39, 0.29) is 18.3 Å². The Bertz CT molecular complexity index is 1730. The number of benzene rings is 2. The number of nitrogens with zero attached hydrogens (tertiary/aromatic N) is 2. The molecule has 4 nitrogen and oxygen atoms in total. The van der Waals surface area contributed by atoms with Crippen LogP contribution < -0.4 is 5.46 Å². The Kier molecular flexibility index (Phi) is 6.08. The van der Waals surface area contributed by atoms with Gasteiger partial charge in [0.25, 0.3) is 0 Å². The molecule has 8 heteroatoms. The largest absolute Gasteiger partial charge is 0.496 e. The molecule has 0 aliphatic carbocycles. The lowest BCUT2D eigenvalue weighted by Crippen LogP contribution is -2.41. The van der Waals surface area contributed by atoms with Crippen molar-refractivity contribution in [2.75, 3.05) is 0 Å². The summed E-state index contributed by atoms with van der Waals surface area (Å²) in [6.45, 7) is 8.32. The molecular weight excluding hydrogens is 598 g/mol. The van der Waals surface area contributed by atoms with Gasteiger partial charge in [0, 0.05) is 41.6 Å². The molecule has 1 aliphatic rings. The Labute approximate surface area is 232 Å². The van der Waals surface area contributed by atoms with Gasteiger partial charge in [-0.3, -0.25) is 9.97 Å². The van der Waals surface area contributed by atoms with Crippen molar-refractivity contribution in [3.8, 4) is 0 Å². The van der Waals surface area contributed by atoms with Crippen molar-refractivity contribution >= 4 is 98.5 Å². The molecule has 2 aromatic carbocycles. The minimum Gasteiger partial charge on any atom is -0.399 e. The molecule has 180 valence electrons. The zero-order valence-corrected chi connectivity index (χ0v) is 24.2. The fourth-order valence-corrected chi connectivity index (χ4v) is 7.35. The number of aromatic nitrogens is 2. The van der Waals surface area contributed by atoms with Crippen LogP contribution in [0.1, 0.15) is 27.7 Å². The van der Waals surface area contributed by atoms with E-state index < -0.39 is 0 Å². The van der Waals surface area contributed by atoms with Gasteiger partial charge in [0.05, 0.1) is 31.6 Å². The van der Waals surface area contributed by atoms with Gasteiger partial charge in [0.2, 0.25) is 0 Å². The number of pyridine rings is 2. The molecule has 5 heterocycles. The second-order valence-electron chi connectivity index (χ2n) is 9.83. The fourth-order valence-electron chi connectivity index (χ4n) is 4.35. The monoisotopic (exact) mass is 622 g/mol. The minimum atomic E-state index is -0.344. The lowest BCUT2D eigenvalue weighted by Gasteiger charge is -2.32.